The number of rotatable bonds is 4. The maximum Gasteiger partial charge on any atom is 0.220 e. The third-order valence-electron chi connectivity index (χ3n) is 2.42. The zero-order chi connectivity index (χ0) is 13.7. The van der Waals surface area contributed by atoms with Crippen LogP contribution in [0, 0.1) is 0 Å². The van der Waals surface area contributed by atoms with Crippen molar-refractivity contribution in [2.75, 3.05) is 7.11 Å². The van der Waals surface area contributed by atoms with E-state index >= 15 is 0 Å². The molecule has 1 aromatic heterocycles. The Morgan fingerprint density at radius 3 is 2.68 bits per heavy atom. The predicted molar refractivity (Wildman–Crippen MR) is 69.8 cm³/mol. The summed E-state index contributed by atoms with van der Waals surface area (Å²) >= 11 is 0. The van der Waals surface area contributed by atoms with Gasteiger partial charge < -0.3 is 20.4 Å². The van der Waals surface area contributed by atoms with Gasteiger partial charge in [-0.25, -0.2) is 4.98 Å². The molecule has 0 fully saturated rings. The molecule has 19 heavy (non-hydrogen) atoms. The second kappa shape index (κ2) is 5.72. The molecule has 2 aromatic rings. The average Bonchev–Trinajstić information content (AvgIpc) is 2.47. The minimum atomic E-state index is -0.00715. The Labute approximate surface area is 110 Å². The highest BCUT2D eigenvalue weighted by Gasteiger charge is 2.07. The van der Waals surface area contributed by atoms with Gasteiger partial charge >= 0.3 is 0 Å². The molecule has 0 saturated heterocycles. The first-order valence-electron chi connectivity index (χ1n) is 5.49. The van der Waals surface area contributed by atoms with Gasteiger partial charge in [0, 0.05) is 17.8 Å². The van der Waals surface area contributed by atoms with Crippen molar-refractivity contribution >= 4 is 5.84 Å². The van der Waals surface area contributed by atoms with Crippen molar-refractivity contribution in [2.45, 2.75) is 0 Å². The number of nitrogens with zero attached hydrogens (tertiary/aromatic N) is 2. The second-order valence-electron chi connectivity index (χ2n) is 3.62. The fraction of sp³-hybridized carbons (Fsp3) is 0.0769. The number of aromatic nitrogens is 1. The molecule has 0 aliphatic heterocycles. The summed E-state index contributed by atoms with van der Waals surface area (Å²) in [6, 6.07) is 10.4. The maximum atomic E-state index is 8.63. The Morgan fingerprint density at radius 2 is 2.00 bits per heavy atom. The lowest BCUT2D eigenvalue weighted by Gasteiger charge is -2.09. The number of nitrogens with two attached hydrogens (primary N) is 1. The molecule has 0 unspecified atom stereocenters. The molecule has 1 aromatic carbocycles. The van der Waals surface area contributed by atoms with E-state index in [2.05, 4.69) is 10.1 Å². The Hall–Kier alpha value is -2.76. The van der Waals surface area contributed by atoms with Gasteiger partial charge in [0.15, 0.2) is 17.3 Å². The van der Waals surface area contributed by atoms with Crippen molar-refractivity contribution in [1.29, 1.82) is 0 Å². The Morgan fingerprint density at radius 1 is 1.26 bits per heavy atom. The maximum absolute atomic E-state index is 8.63. The normalized spacial score (nSPS) is 11.1. The topological polar surface area (TPSA) is 90.0 Å². The molecular weight excluding hydrogens is 246 g/mol. The summed E-state index contributed by atoms with van der Waals surface area (Å²) in [5.74, 6) is 1.45. The van der Waals surface area contributed by atoms with Crippen LogP contribution < -0.4 is 15.2 Å². The zero-order valence-corrected chi connectivity index (χ0v) is 10.3. The highest BCUT2D eigenvalue weighted by molar-refractivity contribution is 5.97. The van der Waals surface area contributed by atoms with Gasteiger partial charge in [0.05, 0.1) is 7.11 Å². The fourth-order valence-corrected chi connectivity index (χ4v) is 1.50. The molecule has 0 aliphatic rings. The van der Waals surface area contributed by atoms with Gasteiger partial charge in [-0.2, -0.15) is 0 Å². The molecule has 98 valence electrons. The smallest absolute Gasteiger partial charge is 0.220 e. The molecule has 0 atom stereocenters. The Balaban J connectivity index is 2.28. The van der Waals surface area contributed by atoms with Crippen LogP contribution in [0.15, 0.2) is 47.8 Å². The van der Waals surface area contributed by atoms with E-state index in [0.29, 0.717) is 22.9 Å². The van der Waals surface area contributed by atoms with Gasteiger partial charge in [-0.15, -0.1) is 0 Å². The van der Waals surface area contributed by atoms with Gasteiger partial charge in [-0.3, -0.25) is 0 Å². The second-order valence-corrected chi connectivity index (χ2v) is 3.62. The molecule has 0 radical (unpaired) electrons. The number of hydrogen-bond donors (Lipinski definition) is 2. The Kier molecular flexibility index (Phi) is 3.82. The largest absolute Gasteiger partial charge is 0.493 e. The van der Waals surface area contributed by atoms with E-state index in [4.69, 9.17) is 20.4 Å². The molecule has 2 rings (SSSR count). The summed E-state index contributed by atoms with van der Waals surface area (Å²) in [5, 5.41) is 11.6. The van der Waals surface area contributed by atoms with E-state index in [-0.39, 0.29) is 5.84 Å². The summed E-state index contributed by atoms with van der Waals surface area (Å²) in [7, 11) is 1.56. The molecule has 0 amide bonds. The van der Waals surface area contributed by atoms with Crippen LogP contribution >= 0.6 is 0 Å². The summed E-state index contributed by atoms with van der Waals surface area (Å²) in [4.78, 5) is 4.06. The van der Waals surface area contributed by atoms with Gasteiger partial charge in [-0.1, -0.05) is 17.3 Å². The molecule has 3 N–H and O–H groups in total. The van der Waals surface area contributed by atoms with Crippen LogP contribution in [-0.4, -0.2) is 23.1 Å². The van der Waals surface area contributed by atoms with Crippen LogP contribution in [-0.2, 0) is 0 Å². The average molecular weight is 259 g/mol. The van der Waals surface area contributed by atoms with Crippen molar-refractivity contribution in [3.05, 3.63) is 48.2 Å². The minimum Gasteiger partial charge on any atom is -0.493 e. The Bertz CT molecular complexity index is 599. The minimum absolute atomic E-state index is 0.00715. The highest BCUT2D eigenvalue weighted by Crippen LogP contribution is 2.29. The number of ether oxygens (including phenoxy) is 2. The summed E-state index contributed by atoms with van der Waals surface area (Å²) < 4.78 is 10.8. The predicted octanol–water partition coefficient (Wildman–Crippen LogP) is 1.98. The lowest BCUT2D eigenvalue weighted by molar-refractivity contribution is 0.318. The van der Waals surface area contributed by atoms with Gasteiger partial charge in [0.2, 0.25) is 5.88 Å². The van der Waals surface area contributed by atoms with Crippen LogP contribution in [0.1, 0.15) is 5.56 Å². The zero-order valence-electron chi connectivity index (χ0n) is 10.3. The summed E-state index contributed by atoms with van der Waals surface area (Å²) in [6.07, 6.45) is 1.51. The standard InChI is InChI=1S/C13H13N3O3/c1-18-10-4-2-3-5-11(10)19-12-8-9(6-7-15-12)13(14)16-17/h2-8,17H,1H3,(H2,14,16). The summed E-state index contributed by atoms with van der Waals surface area (Å²) in [5.41, 5.74) is 6.02. The molecular formula is C13H13N3O3. The molecule has 0 aliphatic carbocycles. The molecule has 0 saturated carbocycles. The first-order chi connectivity index (χ1) is 9.24. The lowest BCUT2D eigenvalue weighted by Crippen LogP contribution is -2.13. The lowest BCUT2D eigenvalue weighted by atomic mass is 10.2. The monoisotopic (exact) mass is 259 g/mol. The third kappa shape index (κ3) is 2.92. The van der Waals surface area contributed by atoms with Gasteiger partial charge in [0.25, 0.3) is 0 Å². The van der Waals surface area contributed by atoms with Gasteiger partial charge in [-0.05, 0) is 18.2 Å². The van der Waals surface area contributed by atoms with Crippen molar-refractivity contribution in [3.63, 3.8) is 0 Å². The van der Waals surface area contributed by atoms with Crippen molar-refractivity contribution in [3.8, 4) is 17.4 Å². The quantitative estimate of drug-likeness (QED) is 0.379. The molecule has 6 heteroatoms. The number of methoxy groups -OCH3 is 1. The fourth-order valence-electron chi connectivity index (χ4n) is 1.50. The van der Waals surface area contributed by atoms with Crippen molar-refractivity contribution in [2.24, 2.45) is 10.9 Å². The highest BCUT2D eigenvalue weighted by atomic mass is 16.5. The van der Waals surface area contributed by atoms with Gasteiger partial charge in [0.1, 0.15) is 0 Å². The summed E-state index contributed by atoms with van der Waals surface area (Å²) in [6.45, 7) is 0. The van der Waals surface area contributed by atoms with Crippen LogP contribution in [0.3, 0.4) is 0 Å². The SMILES string of the molecule is COc1ccccc1Oc1cc(/C(N)=N/O)ccn1. The first-order valence-corrected chi connectivity index (χ1v) is 5.49. The van der Waals surface area contributed by atoms with E-state index in [1.54, 1.807) is 31.4 Å². The number of para-hydroxylation sites is 2. The van der Waals surface area contributed by atoms with E-state index < -0.39 is 0 Å². The number of pyridine rings is 1. The molecule has 0 bridgehead atoms. The van der Waals surface area contributed by atoms with E-state index in [9.17, 15) is 0 Å². The van der Waals surface area contributed by atoms with Crippen LogP contribution in [0.5, 0.6) is 17.4 Å². The van der Waals surface area contributed by atoms with Crippen LogP contribution in [0.4, 0.5) is 0 Å². The number of hydrogen-bond acceptors (Lipinski definition) is 5. The van der Waals surface area contributed by atoms with E-state index in [1.165, 1.54) is 6.20 Å². The first kappa shape index (κ1) is 12.7. The van der Waals surface area contributed by atoms with Crippen molar-refractivity contribution in [1.82, 2.24) is 4.98 Å². The number of amidine groups is 1. The van der Waals surface area contributed by atoms with Crippen LogP contribution in [0.25, 0.3) is 0 Å². The number of oxime groups is 1. The number of benzene rings is 1. The molecule has 6 nitrogen and oxygen atoms in total. The van der Waals surface area contributed by atoms with Crippen molar-refractivity contribution < 1.29 is 14.7 Å². The molecule has 0 spiro atoms. The molecule has 1 heterocycles. The van der Waals surface area contributed by atoms with E-state index in [1.807, 2.05) is 12.1 Å². The van der Waals surface area contributed by atoms with E-state index in [0.717, 1.165) is 0 Å². The van der Waals surface area contributed by atoms with Crippen LogP contribution in [0.2, 0.25) is 0 Å². The third-order valence-corrected chi connectivity index (χ3v) is 2.42.